The van der Waals surface area contributed by atoms with Crippen LogP contribution in [-0.2, 0) is 4.79 Å². The molecule has 14 heavy (non-hydrogen) atoms. The first-order valence-electron chi connectivity index (χ1n) is 3.59. The Bertz CT molecular complexity index is 331. The smallest absolute Gasteiger partial charge is 0.545 e. The molecule has 4 nitrogen and oxygen atoms in total. The summed E-state index contributed by atoms with van der Waals surface area (Å²) in [6.45, 7) is 1.27. The third kappa shape index (κ3) is 3.91. The van der Waals surface area contributed by atoms with Crippen molar-refractivity contribution in [1.82, 2.24) is 0 Å². The van der Waals surface area contributed by atoms with Gasteiger partial charge in [0.15, 0.2) is 0 Å². The quantitative estimate of drug-likeness (QED) is 0.291. The molecule has 0 bridgehead atoms. The molecule has 1 aromatic rings. The summed E-state index contributed by atoms with van der Waals surface area (Å²) >= 11 is 0. The number of benzene rings is 1. The molecule has 0 atom stereocenters. The summed E-state index contributed by atoms with van der Waals surface area (Å²) in [6, 6.07) is 5.42. The number of carbonyl (C=O) groups excluding carboxylic acids is 2. The summed E-state index contributed by atoms with van der Waals surface area (Å²) in [6.07, 6.45) is 0. The Hall–Kier alpha value is -0.840. The molecule has 0 unspecified atom stereocenters. The second kappa shape index (κ2) is 5.80. The number of ether oxygens (including phenoxy) is 1. The van der Waals surface area contributed by atoms with Crippen molar-refractivity contribution in [2.45, 2.75) is 6.92 Å². The zero-order valence-electron chi connectivity index (χ0n) is 7.94. The van der Waals surface area contributed by atoms with Gasteiger partial charge >= 0.3 is 35.5 Å². The van der Waals surface area contributed by atoms with Gasteiger partial charge in [0.05, 0.1) is 5.97 Å². The summed E-state index contributed by atoms with van der Waals surface area (Å²) in [7, 11) is 0. The van der Waals surface area contributed by atoms with Crippen LogP contribution < -0.4 is 39.4 Å². The maximum Gasteiger partial charge on any atom is 1.00 e. The van der Waals surface area contributed by atoms with Gasteiger partial charge in [0.1, 0.15) is 5.75 Å². The summed E-state index contributed by atoms with van der Waals surface area (Å²) in [4.78, 5) is 20.8. The third-order valence-electron chi connectivity index (χ3n) is 1.35. The molecule has 0 aliphatic rings. The van der Waals surface area contributed by atoms with Crippen LogP contribution in [0.25, 0.3) is 0 Å². The van der Waals surface area contributed by atoms with E-state index in [0.29, 0.717) is 5.75 Å². The van der Waals surface area contributed by atoms with Crippen LogP contribution in [0.1, 0.15) is 17.3 Å². The molecular formula is C9H7NaO4. The Morgan fingerprint density at radius 2 is 1.71 bits per heavy atom. The monoisotopic (exact) mass is 202 g/mol. The fraction of sp³-hybridized carbons (Fsp3) is 0.111. The Morgan fingerprint density at radius 1 is 1.21 bits per heavy atom. The van der Waals surface area contributed by atoms with Crippen molar-refractivity contribution in [3.63, 3.8) is 0 Å². The molecule has 68 valence electrons. The van der Waals surface area contributed by atoms with Gasteiger partial charge in [-0.25, -0.2) is 0 Å². The van der Waals surface area contributed by atoms with Crippen LogP contribution in [0.3, 0.4) is 0 Å². The number of carboxylic acids is 1. The molecule has 0 N–H and O–H groups in total. The largest absolute Gasteiger partial charge is 1.00 e. The topological polar surface area (TPSA) is 66.4 Å². The number of carboxylic acid groups (broad SMARTS) is 1. The number of hydrogen-bond acceptors (Lipinski definition) is 4. The van der Waals surface area contributed by atoms with E-state index in [4.69, 9.17) is 4.74 Å². The number of aromatic carboxylic acids is 1. The van der Waals surface area contributed by atoms with Gasteiger partial charge in [-0.15, -0.1) is 0 Å². The molecule has 0 saturated carbocycles. The molecule has 5 heteroatoms. The Morgan fingerprint density at radius 3 is 2.07 bits per heavy atom. The zero-order chi connectivity index (χ0) is 9.84. The van der Waals surface area contributed by atoms with E-state index in [1.54, 1.807) is 0 Å². The molecule has 0 aromatic heterocycles. The summed E-state index contributed by atoms with van der Waals surface area (Å²) in [5, 5.41) is 10.3. The van der Waals surface area contributed by atoms with Crippen molar-refractivity contribution >= 4 is 11.9 Å². The minimum Gasteiger partial charge on any atom is -0.545 e. The van der Waals surface area contributed by atoms with Crippen LogP contribution in [0.5, 0.6) is 5.75 Å². The van der Waals surface area contributed by atoms with E-state index in [-0.39, 0.29) is 35.1 Å². The van der Waals surface area contributed by atoms with E-state index in [2.05, 4.69) is 0 Å². The second-order valence-corrected chi connectivity index (χ2v) is 2.41. The molecule has 1 rings (SSSR count). The van der Waals surface area contributed by atoms with Crippen molar-refractivity contribution in [2.24, 2.45) is 0 Å². The van der Waals surface area contributed by atoms with Gasteiger partial charge in [-0.3, -0.25) is 4.79 Å². The number of carbonyl (C=O) groups is 2. The first kappa shape index (κ1) is 13.2. The van der Waals surface area contributed by atoms with Gasteiger partial charge in [-0.05, 0) is 29.8 Å². The van der Waals surface area contributed by atoms with Crippen molar-refractivity contribution in [3.8, 4) is 5.75 Å². The van der Waals surface area contributed by atoms with E-state index >= 15 is 0 Å². The first-order valence-corrected chi connectivity index (χ1v) is 3.59. The van der Waals surface area contributed by atoms with Gasteiger partial charge < -0.3 is 14.6 Å². The van der Waals surface area contributed by atoms with Crippen molar-refractivity contribution in [2.75, 3.05) is 0 Å². The summed E-state index contributed by atoms with van der Waals surface area (Å²) in [5.74, 6) is -1.38. The Balaban J connectivity index is 0.00000169. The standard InChI is InChI=1S/C9H8O4.Na/c1-6(10)13-8-4-2-7(3-5-8)9(11)12;/h2-5H,1H3,(H,11,12);/q;+1/p-1. The SMILES string of the molecule is CC(=O)Oc1ccc(C(=O)[O-])cc1.[Na+]. The minimum absolute atomic E-state index is 0. The van der Waals surface area contributed by atoms with Crippen molar-refractivity contribution in [3.05, 3.63) is 29.8 Å². The van der Waals surface area contributed by atoms with Gasteiger partial charge in [-0.2, -0.15) is 0 Å². The number of esters is 1. The van der Waals surface area contributed by atoms with Crippen LogP contribution in [-0.4, -0.2) is 11.9 Å². The van der Waals surface area contributed by atoms with E-state index < -0.39 is 11.9 Å². The second-order valence-electron chi connectivity index (χ2n) is 2.41. The molecular weight excluding hydrogens is 195 g/mol. The van der Waals surface area contributed by atoms with Gasteiger partial charge in [0.25, 0.3) is 0 Å². The predicted molar refractivity (Wildman–Crippen MR) is 42.1 cm³/mol. The van der Waals surface area contributed by atoms with Crippen LogP contribution in [0.2, 0.25) is 0 Å². The third-order valence-corrected chi connectivity index (χ3v) is 1.35. The Kier molecular flexibility index (Phi) is 5.45. The molecule has 0 amide bonds. The summed E-state index contributed by atoms with van der Waals surface area (Å²) in [5.41, 5.74) is 0.0518. The van der Waals surface area contributed by atoms with Crippen molar-refractivity contribution in [1.29, 1.82) is 0 Å². The molecule has 0 saturated heterocycles. The molecule has 0 radical (unpaired) electrons. The van der Waals surface area contributed by atoms with E-state index in [9.17, 15) is 14.7 Å². The molecule has 0 fully saturated rings. The first-order chi connectivity index (χ1) is 6.09. The summed E-state index contributed by atoms with van der Waals surface area (Å²) < 4.78 is 4.70. The number of rotatable bonds is 2. The fourth-order valence-electron chi connectivity index (χ4n) is 0.825. The van der Waals surface area contributed by atoms with Crippen molar-refractivity contribution < 1.29 is 49.0 Å². The van der Waals surface area contributed by atoms with E-state index in [1.807, 2.05) is 0 Å². The average Bonchev–Trinajstić information content (AvgIpc) is 2.04. The van der Waals surface area contributed by atoms with Crippen LogP contribution in [0, 0.1) is 0 Å². The predicted octanol–water partition coefficient (Wildman–Crippen LogP) is -3.02. The average molecular weight is 202 g/mol. The van der Waals surface area contributed by atoms with Gasteiger partial charge in [0.2, 0.25) is 0 Å². The molecule has 1 aromatic carbocycles. The maximum absolute atomic E-state index is 10.5. The molecule has 0 aliphatic heterocycles. The minimum atomic E-state index is -1.26. The zero-order valence-corrected chi connectivity index (χ0v) is 9.94. The number of hydrogen-bond donors (Lipinski definition) is 0. The normalized spacial score (nSPS) is 8.64. The van der Waals surface area contributed by atoms with Gasteiger partial charge in [0, 0.05) is 6.92 Å². The fourth-order valence-corrected chi connectivity index (χ4v) is 0.825. The maximum atomic E-state index is 10.5. The Labute approximate surface area is 103 Å². The van der Waals surface area contributed by atoms with E-state index in [1.165, 1.54) is 31.2 Å². The van der Waals surface area contributed by atoms with E-state index in [0.717, 1.165) is 0 Å². The molecule has 0 heterocycles. The molecule has 0 aliphatic carbocycles. The van der Waals surface area contributed by atoms with Crippen LogP contribution in [0.4, 0.5) is 0 Å². The van der Waals surface area contributed by atoms with Crippen LogP contribution in [0.15, 0.2) is 24.3 Å². The van der Waals surface area contributed by atoms with Gasteiger partial charge in [-0.1, -0.05) is 0 Å². The molecule has 0 spiro atoms. The van der Waals surface area contributed by atoms with Crippen LogP contribution >= 0.6 is 0 Å².